The third kappa shape index (κ3) is 5.47. The molecule has 5 heteroatoms. The summed E-state index contributed by atoms with van der Waals surface area (Å²) >= 11 is 5.81. The van der Waals surface area contributed by atoms with Crippen LogP contribution in [-0.4, -0.2) is 42.6 Å². The highest BCUT2D eigenvalue weighted by molar-refractivity contribution is 6.30. The first-order valence-electron chi connectivity index (χ1n) is 6.29. The fraction of sp³-hybridized carbons (Fsp3) is 0.571. The van der Waals surface area contributed by atoms with E-state index >= 15 is 0 Å². The molecule has 0 aliphatic carbocycles. The molecule has 1 rings (SSSR count). The lowest BCUT2D eigenvalue weighted by Crippen LogP contribution is -2.48. The van der Waals surface area contributed by atoms with Crippen LogP contribution in [-0.2, 0) is 4.74 Å². The first-order valence-corrected chi connectivity index (χ1v) is 6.67. The van der Waals surface area contributed by atoms with Gasteiger partial charge in [-0.2, -0.15) is 0 Å². The van der Waals surface area contributed by atoms with E-state index in [9.17, 15) is 5.11 Å². The van der Waals surface area contributed by atoms with Gasteiger partial charge in [-0.05, 0) is 31.0 Å². The van der Waals surface area contributed by atoms with E-state index in [2.05, 4.69) is 5.32 Å². The van der Waals surface area contributed by atoms with Crippen LogP contribution < -0.4 is 5.32 Å². The summed E-state index contributed by atoms with van der Waals surface area (Å²) in [5, 5.41) is 23.1. The van der Waals surface area contributed by atoms with Crippen molar-refractivity contribution in [1.82, 2.24) is 5.32 Å². The van der Waals surface area contributed by atoms with Gasteiger partial charge in [-0.25, -0.2) is 0 Å². The molecule has 1 aromatic rings. The van der Waals surface area contributed by atoms with Gasteiger partial charge in [0, 0.05) is 30.8 Å². The molecule has 1 aromatic carbocycles. The Labute approximate surface area is 119 Å². The van der Waals surface area contributed by atoms with Gasteiger partial charge in [0.05, 0.1) is 12.7 Å². The summed E-state index contributed by atoms with van der Waals surface area (Å²) < 4.78 is 5.14. The molecule has 0 spiro atoms. The smallest absolute Gasteiger partial charge is 0.0914 e. The van der Waals surface area contributed by atoms with Crippen molar-refractivity contribution in [3.8, 4) is 0 Å². The molecular weight excluding hydrogens is 266 g/mol. The van der Waals surface area contributed by atoms with Crippen LogP contribution in [0.5, 0.6) is 0 Å². The van der Waals surface area contributed by atoms with Crippen molar-refractivity contribution in [3.63, 3.8) is 0 Å². The van der Waals surface area contributed by atoms with E-state index in [0.717, 1.165) is 5.56 Å². The molecule has 2 atom stereocenters. The number of ether oxygens (including phenoxy) is 1. The SMILES string of the molecule is COCC(C)(CCO)NCC(O)c1ccc(Cl)cc1. The van der Waals surface area contributed by atoms with Crippen LogP contribution in [0.1, 0.15) is 25.0 Å². The normalized spacial score (nSPS) is 16.1. The molecule has 0 bridgehead atoms. The molecule has 0 aliphatic rings. The fourth-order valence-electron chi connectivity index (χ4n) is 1.92. The van der Waals surface area contributed by atoms with E-state index in [1.54, 1.807) is 31.4 Å². The Hall–Kier alpha value is -0.650. The van der Waals surface area contributed by atoms with E-state index in [1.807, 2.05) is 6.92 Å². The molecule has 3 N–H and O–H groups in total. The van der Waals surface area contributed by atoms with E-state index < -0.39 is 6.10 Å². The predicted molar refractivity (Wildman–Crippen MR) is 76.4 cm³/mol. The second kappa shape index (κ2) is 7.82. The van der Waals surface area contributed by atoms with Gasteiger partial charge in [0.25, 0.3) is 0 Å². The average molecular weight is 288 g/mol. The topological polar surface area (TPSA) is 61.7 Å². The van der Waals surface area contributed by atoms with Crippen LogP contribution in [0.3, 0.4) is 0 Å². The molecule has 4 nitrogen and oxygen atoms in total. The van der Waals surface area contributed by atoms with Crippen LogP contribution in [0.15, 0.2) is 24.3 Å². The molecule has 0 amide bonds. The minimum atomic E-state index is -0.618. The molecule has 0 radical (unpaired) electrons. The molecule has 0 aliphatic heterocycles. The van der Waals surface area contributed by atoms with Gasteiger partial charge in [-0.15, -0.1) is 0 Å². The highest BCUT2D eigenvalue weighted by atomic mass is 35.5. The van der Waals surface area contributed by atoms with Crippen molar-refractivity contribution >= 4 is 11.6 Å². The van der Waals surface area contributed by atoms with Crippen molar-refractivity contribution in [2.45, 2.75) is 25.0 Å². The number of β-amino-alcohol motifs (C(OH)–C–C–N with tert-alkyl or cyclic N) is 1. The Bertz CT molecular complexity index is 363. The zero-order valence-corrected chi connectivity index (χ0v) is 12.2. The summed E-state index contributed by atoms with van der Waals surface area (Å²) in [6.45, 7) is 2.90. The molecule has 0 fully saturated rings. The van der Waals surface area contributed by atoms with Gasteiger partial charge in [-0.3, -0.25) is 0 Å². The fourth-order valence-corrected chi connectivity index (χ4v) is 2.05. The number of benzene rings is 1. The van der Waals surface area contributed by atoms with Gasteiger partial charge in [0.1, 0.15) is 0 Å². The van der Waals surface area contributed by atoms with E-state index in [0.29, 0.717) is 24.6 Å². The number of nitrogens with one attached hydrogen (secondary N) is 1. The summed E-state index contributed by atoms with van der Waals surface area (Å²) in [6, 6.07) is 7.10. The largest absolute Gasteiger partial charge is 0.396 e. The highest BCUT2D eigenvalue weighted by Gasteiger charge is 2.24. The van der Waals surface area contributed by atoms with Crippen molar-refractivity contribution in [2.24, 2.45) is 0 Å². The minimum Gasteiger partial charge on any atom is -0.396 e. The molecule has 19 heavy (non-hydrogen) atoms. The molecule has 2 unspecified atom stereocenters. The zero-order chi connectivity index (χ0) is 14.3. The summed E-state index contributed by atoms with van der Waals surface area (Å²) in [4.78, 5) is 0. The van der Waals surface area contributed by atoms with Crippen LogP contribution >= 0.6 is 11.6 Å². The summed E-state index contributed by atoms with van der Waals surface area (Å²) in [5.41, 5.74) is 0.456. The van der Waals surface area contributed by atoms with Crippen LogP contribution in [0.4, 0.5) is 0 Å². The Balaban J connectivity index is 2.56. The molecule has 0 aromatic heterocycles. The van der Waals surface area contributed by atoms with E-state index in [-0.39, 0.29) is 12.1 Å². The van der Waals surface area contributed by atoms with Crippen molar-refractivity contribution in [2.75, 3.05) is 26.9 Å². The van der Waals surface area contributed by atoms with E-state index in [4.69, 9.17) is 21.4 Å². The molecule has 0 saturated heterocycles. The lowest BCUT2D eigenvalue weighted by atomic mass is 9.98. The second-order valence-corrected chi connectivity index (χ2v) is 5.35. The Morgan fingerprint density at radius 3 is 2.53 bits per heavy atom. The van der Waals surface area contributed by atoms with Crippen LogP contribution in [0.25, 0.3) is 0 Å². The number of methoxy groups -OCH3 is 1. The number of halogens is 1. The van der Waals surface area contributed by atoms with Gasteiger partial charge in [0.15, 0.2) is 0 Å². The van der Waals surface area contributed by atoms with Crippen LogP contribution in [0, 0.1) is 0 Å². The third-order valence-electron chi connectivity index (χ3n) is 3.10. The third-order valence-corrected chi connectivity index (χ3v) is 3.36. The number of hydrogen-bond acceptors (Lipinski definition) is 4. The molecule has 108 valence electrons. The maximum Gasteiger partial charge on any atom is 0.0914 e. The first kappa shape index (κ1) is 16.4. The molecular formula is C14H22ClNO3. The maximum atomic E-state index is 10.1. The number of aliphatic hydroxyl groups is 2. The Morgan fingerprint density at radius 1 is 1.37 bits per heavy atom. The Morgan fingerprint density at radius 2 is 2.00 bits per heavy atom. The number of aliphatic hydroxyl groups excluding tert-OH is 2. The quantitative estimate of drug-likeness (QED) is 0.682. The average Bonchev–Trinajstić information content (AvgIpc) is 2.37. The van der Waals surface area contributed by atoms with Crippen molar-refractivity contribution in [1.29, 1.82) is 0 Å². The minimum absolute atomic E-state index is 0.0733. The van der Waals surface area contributed by atoms with Crippen molar-refractivity contribution < 1.29 is 14.9 Å². The Kier molecular flexibility index (Phi) is 6.75. The predicted octanol–water partition coefficient (Wildman–Crippen LogP) is 1.75. The molecule has 0 saturated carbocycles. The number of hydrogen-bond donors (Lipinski definition) is 3. The van der Waals surface area contributed by atoms with Gasteiger partial charge < -0.3 is 20.3 Å². The van der Waals surface area contributed by atoms with Crippen LogP contribution in [0.2, 0.25) is 5.02 Å². The van der Waals surface area contributed by atoms with Crippen molar-refractivity contribution in [3.05, 3.63) is 34.9 Å². The second-order valence-electron chi connectivity index (χ2n) is 4.92. The monoisotopic (exact) mass is 287 g/mol. The molecule has 0 heterocycles. The van der Waals surface area contributed by atoms with Gasteiger partial charge >= 0.3 is 0 Å². The number of rotatable bonds is 8. The van der Waals surface area contributed by atoms with E-state index in [1.165, 1.54) is 0 Å². The highest BCUT2D eigenvalue weighted by Crippen LogP contribution is 2.17. The maximum absolute atomic E-state index is 10.1. The van der Waals surface area contributed by atoms with Gasteiger partial charge in [0.2, 0.25) is 0 Å². The zero-order valence-electron chi connectivity index (χ0n) is 11.4. The summed E-state index contributed by atoms with van der Waals surface area (Å²) in [5.74, 6) is 0. The summed E-state index contributed by atoms with van der Waals surface area (Å²) in [6.07, 6.45) is -0.0547. The summed E-state index contributed by atoms with van der Waals surface area (Å²) in [7, 11) is 1.62. The lowest BCUT2D eigenvalue weighted by Gasteiger charge is -2.30. The van der Waals surface area contributed by atoms with Gasteiger partial charge in [-0.1, -0.05) is 23.7 Å². The lowest BCUT2D eigenvalue weighted by molar-refractivity contribution is 0.0822. The first-order chi connectivity index (χ1) is 9.00. The standard InChI is InChI=1S/C14H22ClNO3/c1-14(7-8-17,10-19-2)16-9-13(18)11-3-5-12(15)6-4-11/h3-6,13,16-18H,7-10H2,1-2H3.